The molecule has 21 heavy (non-hydrogen) atoms. The number of benzene rings is 1. The van der Waals surface area contributed by atoms with Crippen molar-refractivity contribution in [1.29, 1.82) is 0 Å². The quantitative estimate of drug-likeness (QED) is 0.751. The minimum atomic E-state index is -3.06. The first-order valence-electron chi connectivity index (χ1n) is 6.85. The van der Waals surface area contributed by atoms with Gasteiger partial charge in [-0.3, -0.25) is 0 Å². The Morgan fingerprint density at radius 2 is 2.10 bits per heavy atom. The Balaban J connectivity index is 1.92. The SMILES string of the molecule is Cc1c(-c2ccc3c(c2)CCS3(=O)=O)cnc2[nH]ccc12. The normalized spacial score (nSPS) is 16.2. The van der Waals surface area contributed by atoms with Gasteiger partial charge in [-0.1, -0.05) is 6.07 Å². The lowest BCUT2D eigenvalue weighted by molar-refractivity contribution is 0.600. The van der Waals surface area contributed by atoms with Gasteiger partial charge in [-0.25, -0.2) is 13.4 Å². The van der Waals surface area contributed by atoms with Crippen LogP contribution in [0.2, 0.25) is 0 Å². The van der Waals surface area contributed by atoms with E-state index in [9.17, 15) is 8.42 Å². The van der Waals surface area contributed by atoms with Crippen molar-refractivity contribution in [2.24, 2.45) is 0 Å². The minimum Gasteiger partial charge on any atom is -0.346 e. The summed E-state index contributed by atoms with van der Waals surface area (Å²) in [5.74, 6) is 0.222. The van der Waals surface area contributed by atoms with Gasteiger partial charge in [0.1, 0.15) is 5.65 Å². The molecule has 1 aliphatic heterocycles. The van der Waals surface area contributed by atoms with Crippen LogP contribution >= 0.6 is 0 Å². The average Bonchev–Trinajstić information content (AvgIpc) is 3.05. The third kappa shape index (κ3) is 1.81. The van der Waals surface area contributed by atoms with Crippen LogP contribution in [-0.4, -0.2) is 24.1 Å². The van der Waals surface area contributed by atoms with Gasteiger partial charge in [-0.15, -0.1) is 0 Å². The number of nitrogens with zero attached hydrogens (tertiary/aromatic N) is 1. The van der Waals surface area contributed by atoms with Crippen LogP contribution in [-0.2, 0) is 16.3 Å². The van der Waals surface area contributed by atoms with Gasteiger partial charge in [0, 0.05) is 23.3 Å². The molecule has 0 spiro atoms. The number of fused-ring (bicyclic) bond motifs is 2. The van der Waals surface area contributed by atoms with Crippen molar-refractivity contribution >= 4 is 20.9 Å². The van der Waals surface area contributed by atoms with Gasteiger partial charge in [0.2, 0.25) is 0 Å². The molecule has 3 aromatic rings. The van der Waals surface area contributed by atoms with E-state index in [1.165, 1.54) is 0 Å². The largest absolute Gasteiger partial charge is 0.346 e. The van der Waals surface area contributed by atoms with Crippen LogP contribution in [0.1, 0.15) is 11.1 Å². The van der Waals surface area contributed by atoms with E-state index in [0.717, 1.165) is 33.3 Å². The number of aryl methyl sites for hydroxylation is 2. The van der Waals surface area contributed by atoms with E-state index in [0.29, 0.717) is 11.3 Å². The highest BCUT2D eigenvalue weighted by atomic mass is 32.2. The molecule has 0 unspecified atom stereocenters. The second kappa shape index (κ2) is 4.18. The van der Waals surface area contributed by atoms with Gasteiger partial charge in [-0.05, 0) is 48.2 Å². The van der Waals surface area contributed by atoms with Crippen molar-refractivity contribution in [2.75, 3.05) is 5.75 Å². The Hall–Kier alpha value is -2.14. The first kappa shape index (κ1) is 12.6. The minimum absolute atomic E-state index is 0.222. The molecule has 0 saturated carbocycles. The molecule has 3 heterocycles. The first-order valence-corrected chi connectivity index (χ1v) is 8.50. The summed E-state index contributed by atoms with van der Waals surface area (Å²) in [5.41, 5.74) is 5.02. The molecular weight excluding hydrogens is 284 g/mol. The van der Waals surface area contributed by atoms with Gasteiger partial charge < -0.3 is 4.98 Å². The fraction of sp³-hybridized carbons (Fsp3) is 0.188. The van der Waals surface area contributed by atoms with E-state index < -0.39 is 9.84 Å². The average molecular weight is 298 g/mol. The monoisotopic (exact) mass is 298 g/mol. The molecule has 1 aliphatic rings. The summed E-state index contributed by atoms with van der Waals surface area (Å²) in [7, 11) is -3.06. The standard InChI is InChI=1S/C16H14N2O2S/c1-10-13-4-6-17-16(13)18-9-14(10)11-2-3-15-12(8-11)5-7-21(15,19)20/h2-4,6,8-9H,5,7H2,1H3,(H,17,18). The molecule has 4 nitrogen and oxygen atoms in total. The summed E-state index contributed by atoms with van der Waals surface area (Å²) in [4.78, 5) is 8.01. The van der Waals surface area contributed by atoms with E-state index in [-0.39, 0.29) is 5.75 Å². The fourth-order valence-electron chi connectivity index (χ4n) is 3.03. The number of hydrogen-bond donors (Lipinski definition) is 1. The molecule has 0 radical (unpaired) electrons. The predicted octanol–water partition coefficient (Wildman–Crippen LogP) is 2.87. The highest BCUT2D eigenvalue weighted by Gasteiger charge is 2.26. The van der Waals surface area contributed by atoms with Crippen molar-refractivity contribution in [3.63, 3.8) is 0 Å². The van der Waals surface area contributed by atoms with Crippen LogP contribution in [0.5, 0.6) is 0 Å². The number of aromatic amines is 1. The zero-order chi connectivity index (χ0) is 14.6. The van der Waals surface area contributed by atoms with Crippen LogP contribution in [0, 0.1) is 6.92 Å². The highest BCUT2D eigenvalue weighted by molar-refractivity contribution is 7.91. The number of sulfone groups is 1. The van der Waals surface area contributed by atoms with Gasteiger partial charge in [0.05, 0.1) is 10.6 Å². The number of hydrogen-bond acceptors (Lipinski definition) is 3. The van der Waals surface area contributed by atoms with E-state index in [4.69, 9.17) is 0 Å². The summed E-state index contributed by atoms with van der Waals surface area (Å²) in [6.45, 7) is 2.07. The summed E-state index contributed by atoms with van der Waals surface area (Å²) in [5, 5.41) is 1.10. The lowest BCUT2D eigenvalue weighted by atomic mass is 9.98. The Morgan fingerprint density at radius 3 is 2.95 bits per heavy atom. The predicted molar refractivity (Wildman–Crippen MR) is 82.0 cm³/mol. The van der Waals surface area contributed by atoms with Gasteiger partial charge in [0.15, 0.2) is 9.84 Å². The molecule has 4 rings (SSSR count). The molecule has 0 atom stereocenters. The third-order valence-electron chi connectivity index (χ3n) is 4.20. The zero-order valence-corrected chi connectivity index (χ0v) is 12.4. The number of aromatic nitrogens is 2. The molecule has 0 aliphatic carbocycles. The van der Waals surface area contributed by atoms with Crippen LogP contribution < -0.4 is 0 Å². The number of pyridine rings is 1. The van der Waals surface area contributed by atoms with Crippen molar-refractivity contribution in [3.8, 4) is 11.1 Å². The fourth-order valence-corrected chi connectivity index (χ4v) is 4.58. The molecule has 0 fully saturated rings. The smallest absolute Gasteiger partial charge is 0.178 e. The second-order valence-corrected chi connectivity index (χ2v) is 7.51. The Kier molecular flexibility index (Phi) is 2.50. The lowest BCUT2D eigenvalue weighted by Crippen LogP contribution is -1.98. The van der Waals surface area contributed by atoms with Crippen molar-refractivity contribution < 1.29 is 8.42 Å². The van der Waals surface area contributed by atoms with Crippen LogP contribution in [0.4, 0.5) is 0 Å². The molecule has 1 aromatic carbocycles. The number of H-pyrrole nitrogens is 1. The maximum absolute atomic E-state index is 11.9. The van der Waals surface area contributed by atoms with Gasteiger partial charge >= 0.3 is 0 Å². The summed E-state index contributed by atoms with van der Waals surface area (Å²) in [6.07, 6.45) is 4.33. The maximum Gasteiger partial charge on any atom is 0.178 e. The number of nitrogens with one attached hydrogen (secondary N) is 1. The second-order valence-electron chi connectivity index (χ2n) is 5.43. The van der Waals surface area contributed by atoms with Crippen LogP contribution in [0.15, 0.2) is 41.6 Å². The summed E-state index contributed by atoms with van der Waals surface area (Å²) in [6, 6.07) is 7.61. The zero-order valence-electron chi connectivity index (χ0n) is 11.6. The van der Waals surface area contributed by atoms with Crippen LogP contribution in [0.3, 0.4) is 0 Å². The topological polar surface area (TPSA) is 62.8 Å². The van der Waals surface area contributed by atoms with Gasteiger partial charge in [0.25, 0.3) is 0 Å². The van der Waals surface area contributed by atoms with E-state index in [1.54, 1.807) is 6.07 Å². The lowest BCUT2D eigenvalue weighted by Gasteiger charge is -2.08. The molecule has 0 saturated heterocycles. The summed E-state index contributed by atoms with van der Waals surface area (Å²) < 4.78 is 23.8. The van der Waals surface area contributed by atoms with E-state index >= 15 is 0 Å². The molecule has 5 heteroatoms. The van der Waals surface area contributed by atoms with Gasteiger partial charge in [-0.2, -0.15) is 0 Å². The van der Waals surface area contributed by atoms with Crippen molar-refractivity contribution in [1.82, 2.24) is 9.97 Å². The highest BCUT2D eigenvalue weighted by Crippen LogP contribution is 2.33. The molecule has 0 bridgehead atoms. The molecular formula is C16H14N2O2S. The summed E-state index contributed by atoms with van der Waals surface area (Å²) >= 11 is 0. The van der Waals surface area contributed by atoms with Crippen LogP contribution in [0.25, 0.3) is 22.2 Å². The van der Waals surface area contributed by atoms with Crippen molar-refractivity contribution in [3.05, 3.63) is 47.8 Å². The first-order chi connectivity index (χ1) is 10.1. The van der Waals surface area contributed by atoms with Crippen molar-refractivity contribution in [2.45, 2.75) is 18.2 Å². The van der Waals surface area contributed by atoms with E-state index in [1.807, 2.05) is 30.6 Å². The third-order valence-corrected chi connectivity index (χ3v) is 6.01. The molecule has 106 valence electrons. The molecule has 0 amide bonds. The molecule has 1 N–H and O–H groups in total. The Bertz CT molecular complexity index is 971. The molecule has 2 aromatic heterocycles. The Labute approximate surface area is 122 Å². The van der Waals surface area contributed by atoms with E-state index in [2.05, 4.69) is 16.9 Å². The Morgan fingerprint density at radius 1 is 1.24 bits per heavy atom. The maximum atomic E-state index is 11.9. The number of rotatable bonds is 1.